The maximum atomic E-state index is 12.7. The Morgan fingerprint density at radius 3 is 2.72 bits per heavy atom. The molecule has 0 aliphatic heterocycles. The molecule has 3 aromatic heterocycles. The highest BCUT2D eigenvalue weighted by molar-refractivity contribution is 5.99. The average molecular weight is 435 g/mol. The Morgan fingerprint density at radius 2 is 2.00 bits per heavy atom. The Morgan fingerprint density at radius 1 is 1.09 bits per heavy atom. The van der Waals surface area contributed by atoms with Crippen LogP contribution in [0.3, 0.4) is 0 Å². The quantitative estimate of drug-likeness (QED) is 0.397. The van der Waals surface area contributed by atoms with Gasteiger partial charge >= 0.3 is 0 Å². The van der Waals surface area contributed by atoms with E-state index >= 15 is 0 Å². The predicted octanol–water partition coefficient (Wildman–Crippen LogP) is 3.09. The van der Waals surface area contributed by atoms with E-state index in [9.17, 15) is 4.79 Å². The molecule has 0 aliphatic carbocycles. The molecule has 162 valence electrons. The smallest absolute Gasteiger partial charge is 0.273 e. The first kappa shape index (κ1) is 17.2. The molecule has 0 saturated heterocycles. The number of hydrogen-bond acceptors (Lipinski definition) is 10. The van der Waals surface area contributed by atoms with Crippen LogP contribution in [0.4, 0.5) is 23.0 Å². The number of benzene rings is 1. The molecular formula is C21H20N8O3. The molecule has 0 spiro atoms. The molecule has 32 heavy (non-hydrogen) atoms. The molecule has 4 aromatic rings. The summed E-state index contributed by atoms with van der Waals surface area (Å²) in [6.07, 6.45) is 1.60. The van der Waals surface area contributed by atoms with Crippen molar-refractivity contribution < 1.29 is 18.2 Å². The van der Waals surface area contributed by atoms with Gasteiger partial charge in [0.15, 0.2) is 23.1 Å². The summed E-state index contributed by atoms with van der Waals surface area (Å²) in [4.78, 5) is 21.1. The van der Waals surface area contributed by atoms with E-state index in [1.165, 1.54) is 13.2 Å². The summed E-state index contributed by atoms with van der Waals surface area (Å²) >= 11 is 0. The maximum Gasteiger partial charge on any atom is 0.273 e. The minimum absolute atomic E-state index is 0.164. The third-order valence-electron chi connectivity index (χ3n) is 4.29. The zero-order valence-electron chi connectivity index (χ0n) is 20.1. The van der Waals surface area contributed by atoms with Crippen LogP contribution < -0.4 is 20.7 Å². The van der Waals surface area contributed by atoms with Crippen LogP contribution in [0.15, 0.2) is 53.2 Å². The monoisotopic (exact) mass is 435 g/mol. The molecule has 0 unspecified atom stereocenters. The fraction of sp³-hybridized carbons (Fsp3) is 0.143. The second-order valence-corrected chi connectivity index (χ2v) is 6.44. The number of nitrogens with one attached hydrogen (secondary N) is 3. The van der Waals surface area contributed by atoms with Crippen LogP contribution >= 0.6 is 0 Å². The number of aryl methyl sites for hydroxylation is 1. The zero-order chi connectivity index (χ0) is 25.0. The van der Waals surface area contributed by atoms with E-state index < -0.39 is 12.9 Å². The molecule has 4 rings (SSSR count). The normalized spacial score (nSPS) is 12.2. The summed E-state index contributed by atoms with van der Waals surface area (Å²) in [5.41, 5.74) is 0.868. The molecule has 1 aromatic carbocycles. The summed E-state index contributed by atoms with van der Waals surface area (Å²) in [6, 6.07) is 11.9. The molecular weight excluding hydrogens is 412 g/mol. The fourth-order valence-corrected chi connectivity index (χ4v) is 2.92. The van der Waals surface area contributed by atoms with Crippen molar-refractivity contribution in [2.75, 3.05) is 24.7 Å². The van der Waals surface area contributed by atoms with Gasteiger partial charge in [-0.1, -0.05) is 17.3 Å². The van der Waals surface area contributed by atoms with E-state index in [1.807, 2.05) is 5.32 Å². The van der Waals surface area contributed by atoms with Gasteiger partial charge in [0.05, 0.1) is 24.0 Å². The molecule has 11 heteroatoms. The van der Waals surface area contributed by atoms with E-state index in [1.54, 1.807) is 49.5 Å². The lowest BCUT2D eigenvalue weighted by Crippen LogP contribution is -2.21. The topological polar surface area (TPSA) is 140 Å². The van der Waals surface area contributed by atoms with Crippen LogP contribution in [0.1, 0.15) is 20.4 Å². The van der Waals surface area contributed by atoms with Gasteiger partial charge in [-0.05, 0) is 31.2 Å². The maximum absolute atomic E-state index is 12.7. The van der Waals surface area contributed by atoms with Crippen molar-refractivity contribution in [3.63, 3.8) is 0 Å². The standard InChI is InChI=1S/C21H20N8O3/c1-12-24-21(32-29-12)13-7-6-8-14(19(13)31-3)25-15-11-17(26-16-9-4-5-10-23-16)27-28-18(15)20(30)22-2/h4-11H,1-3H3,(H,22,30)(H2,23,25,26,27)/i2D3. The number of amides is 1. The van der Waals surface area contributed by atoms with Gasteiger partial charge in [0, 0.05) is 23.4 Å². The summed E-state index contributed by atoms with van der Waals surface area (Å²) in [5, 5.41) is 19.7. The SMILES string of the molecule is [2H]C([2H])([2H])NC(=O)c1nnc(Nc2ccccn2)cc1Nc1cccc(-c2nc(C)no2)c1OC. The van der Waals surface area contributed by atoms with E-state index in [0.29, 0.717) is 28.6 Å². The first-order chi connectivity index (χ1) is 16.7. The lowest BCUT2D eigenvalue weighted by atomic mass is 10.1. The molecule has 3 N–H and O–H groups in total. The molecule has 0 atom stereocenters. The van der Waals surface area contributed by atoms with Crippen molar-refractivity contribution in [1.82, 2.24) is 30.6 Å². The predicted molar refractivity (Wildman–Crippen MR) is 117 cm³/mol. The number of aromatic nitrogens is 5. The first-order valence-electron chi connectivity index (χ1n) is 10.9. The second-order valence-electron chi connectivity index (χ2n) is 6.44. The number of para-hydroxylation sites is 1. The highest BCUT2D eigenvalue weighted by Crippen LogP contribution is 2.37. The minimum atomic E-state index is -2.71. The van der Waals surface area contributed by atoms with E-state index in [4.69, 9.17) is 13.4 Å². The minimum Gasteiger partial charge on any atom is -0.494 e. The van der Waals surface area contributed by atoms with Crippen LogP contribution in [0, 0.1) is 6.92 Å². The molecule has 11 nitrogen and oxygen atoms in total. The Labute approximate surface area is 187 Å². The van der Waals surface area contributed by atoms with Gasteiger partial charge < -0.3 is 25.2 Å². The Hall–Kier alpha value is -4.54. The van der Waals surface area contributed by atoms with Crippen LogP contribution in [0.25, 0.3) is 11.5 Å². The van der Waals surface area contributed by atoms with Crippen LogP contribution in [-0.4, -0.2) is 45.3 Å². The molecule has 0 aliphatic rings. The van der Waals surface area contributed by atoms with Gasteiger partial charge in [-0.3, -0.25) is 4.79 Å². The second kappa shape index (κ2) is 9.08. The number of ether oxygens (including phenoxy) is 1. The Kier molecular flexibility index (Phi) is 4.87. The van der Waals surface area contributed by atoms with Crippen molar-refractivity contribution in [2.45, 2.75) is 6.92 Å². The van der Waals surface area contributed by atoms with Gasteiger partial charge in [0.2, 0.25) is 0 Å². The summed E-state index contributed by atoms with van der Waals surface area (Å²) in [6.45, 7) is -1.02. The van der Waals surface area contributed by atoms with Gasteiger partial charge in [-0.2, -0.15) is 4.98 Å². The fourth-order valence-electron chi connectivity index (χ4n) is 2.92. The third-order valence-corrected chi connectivity index (χ3v) is 4.29. The first-order valence-corrected chi connectivity index (χ1v) is 9.36. The number of rotatable bonds is 7. The van der Waals surface area contributed by atoms with Crippen molar-refractivity contribution >= 4 is 28.9 Å². The van der Waals surface area contributed by atoms with E-state index in [2.05, 4.69) is 36.0 Å². The Balaban J connectivity index is 1.75. The number of methoxy groups -OCH3 is 1. The lowest BCUT2D eigenvalue weighted by molar-refractivity contribution is 0.0958. The van der Waals surface area contributed by atoms with E-state index in [0.717, 1.165) is 0 Å². The van der Waals surface area contributed by atoms with Gasteiger partial charge in [-0.25, -0.2) is 4.98 Å². The molecule has 3 heterocycles. The largest absolute Gasteiger partial charge is 0.494 e. The van der Waals surface area contributed by atoms with Crippen molar-refractivity contribution in [1.29, 1.82) is 0 Å². The average Bonchev–Trinajstić information content (AvgIpc) is 3.24. The number of nitrogens with zero attached hydrogens (tertiary/aromatic N) is 5. The van der Waals surface area contributed by atoms with Crippen molar-refractivity contribution in [3.05, 3.63) is 60.2 Å². The van der Waals surface area contributed by atoms with Crippen LogP contribution in [0.5, 0.6) is 5.75 Å². The van der Waals surface area contributed by atoms with Gasteiger partial charge in [-0.15, -0.1) is 10.2 Å². The Bertz CT molecular complexity index is 1350. The number of carbonyl (C=O) groups excluding carboxylic acids is 1. The third kappa shape index (κ3) is 4.31. The molecule has 1 amide bonds. The van der Waals surface area contributed by atoms with Crippen molar-refractivity contribution in [2.24, 2.45) is 0 Å². The molecule has 0 saturated carbocycles. The highest BCUT2D eigenvalue weighted by Gasteiger charge is 2.19. The molecule has 0 bridgehead atoms. The molecule has 0 radical (unpaired) electrons. The number of pyridine rings is 1. The van der Waals surface area contributed by atoms with Crippen LogP contribution in [-0.2, 0) is 0 Å². The number of carbonyl (C=O) groups is 1. The van der Waals surface area contributed by atoms with Crippen molar-refractivity contribution in [3.8, 4) is 17.2 Å². The van der Waals surface area contributed by atoms with E-state index in [-0.39, 0.29) is 23.1 Å². The van der Waals surface area contributed by atoms with Crippen LogP contribution in [0.2, 0.25) is 0 Å². The molecule has 0 fully saturated rings. The zero-order valence-corrected chi connectivity index (χ0v) is 17.1. The highest BCUT2D eigenvalue weighted by atomic mass is 16.5. The van der Waals surface area contributed by atoms with Gasteiger partial charge in [0.25, 0.3) is 11.8 Å². The summed E-state index contributed by atoms with van der Waals surface area (Å²) in [7, 11) is 1.47. The summed E-state index contributed by atoms with van der Waals surface area (Å²) in [5.74, 6) is 0.876. The lowest BCUT2D eigenvalue weighted by Gasteiger charge is -2.16. The summed E-state index contributed by atoms with van der Waals surface area (Å²) < 4.78 is 32.9. The van der Waals surface area contributed by atoms with Gasteiger partial charge in [0.1, 0.15) is 5.82 Å². The number of hydrogen-bond donors (Lipinski definition) is 3. The number of anilines is 4.